The van der Waals surface area contributed by atoms with Gasteiger partial charge in [0.25, 0.3) is 10.2 Å². The second-order valence-corrected chi connectivity index (χ2v) is 7.65. The largest absolute Gasteiger partial charge is 0.399 e. The van der Waals surface area contributed by atoms with E-state index in [1.54, 1.807) is 17.4 Å². The normalized spacial score (nSPS) is 21.2. The van der Waals surface area contributed by atoms with Gasteiger partial charge in [-0.2, -0.15) is 17.0 Å². The average molecular weight is 297 g/mol. The molecule has 1 saturated heterocycles. The van der Waals surface area contributed by atoms with Crippen LogP contribution < -0.4 is 5.73 Å². The summed E-state index contributed by atoms with van der Waals surface area (Å²) in [4.78, 5) is 0. The van der Waals surface area contributed by atoms with Crippen LogP contribution in [0.3, 0.4) is 0 Å². The van der Waals surface area contributed by atoms with E-state index in [-0.39, 0.29) is 0 Å². The van der Waals surface area contributed by atoms with Crippen molar-refractivity contribution in [2.75, 3.05) is 25.9 Å². The van der Waals surface area contributed by atoms with Crippen molar-refractivity contribution in [3.8, 4) is 0 Å². The van der Waals surface area contributed by atoms with E-state index in [1.165, 1.54) is 4.31 Å². The van der Waals surface area contributed by atoms with Crippen LogP contribution in [0.15, 0.2) is 24.3 Å². The summed E-state index contributed by atoms with van der Waals surface area (Å²) in [6, 6.07) is 7.34. The minimum atomic E-state index is -3.38. The summed E-state index contributed by atoms with van der Waals surface area (Å²) in [5, 5.41) is 0. The zero-order valence-electron chi connectivity index (χ0n) is 12.1. The first-order chi connectivity index (χ1) is 9.39. The number of piperidine rings is 1. The highest BCUT2D eigenvalue weighted by Gasteiger charge is 2.30. The van der Waals surface area contributed by atoms with Gasteiger partial charge >= 0.3 is 0 Å². The van der Waals surface area contributed by atoms with Crippen molar-refractivity contribution in [3.05, 3.63) is 29.8 Å². The molecule has 1 unspecified atom stereocenters. The fourth-order valence-corrected chi connectivity index (χ4v) is 4.09. The number of nitrogen functional groups attached to an aromatic ring is 1. The van der Waals surface area contributed by atoms with Gasteiger partial charge in [0, 0.05) is 32.4 Å². The molecule has 0 saturated carbocycles. The summed E-state index contributed by atoms with van der Waals surface area (Å²) in [6.45, 7) is 3.68. The molecule has 5 nitrogen and oxygen atoms in total. The zero-order valence-corrected chi connectivity index (χ0v) is 12.9. The van der Waals surface area contributed by atoms with Gasteiger partial charge in [0.05, 0.1) is 0 Å². The summed E-state index contributed by atoms with van der Waals surface area (Å²) >= 11 is 0. The number of anilines is 1. The Morgan fingerprint density at radius 2 is 2.20 bits per heavy atom. The maximum Gasteiger partial charge on any atom is 0.282 e. The van der Waals surface area contributed by atoms with Gasteiger partial charge in [-0.25, -0.2) is 0 Å². The van der Waals surface area contributed by atoms with Gasteiger partial charge in [0.1, 0.15) is 0 Å². The maximum atomic E-state index is 12.5. The van der Waals surface area contributed by atoms with E-state index in [0.717, 1.165) is 18.4 Å². The average Bonchev–Trinajstić information content (AvgIpc) is 2.38. The van der Waals surface area contributed by atoms with Gasteiger partial charge in [-0.3, -0.25) is 0 Å². The second kappa shape index (κ2) is 6.11. The predicted octanol–water partition coefficient (Wildman–Crippen LogP) is 1.68. The molecule has 0 amide bonds. The molecule has 1 aliphatic heterocycles. The molecule has 0 aliphatic carbocycles. The number of rotatable bonds is 4. The smallest absolute Gasteiger partial charge is 0.282 e. The quantitative estimate of drug-likeness (QED) is 0.860. The van der Waals surface area contributed by atoms with Gasteiger partial charge in [0.15, 0.2) is 0 Å². The number of nitrogens with two attached hydrogens (primary N) is 1. The van der Waals surface area contributed by atoms with Gasteiger partial charge in [-0.1, -0.05) is 19.1 Å². The molecular weight excluding hydrogens is 274 g/mol. The van der Waals surface area contributed by atoms with Crippen molar-refractivity contribution >= 4 is 15.9 Å². The summed E-state index contributed by atoms with van der Waals surface area (Å²) in [7, 11) is -1.76. The van der Waals surface area contributed by atoms with E-state index in [0.29, 0.717) is 31.2 Å². The first-order valence-electron chi connectivity index (χ1n) is 6.95. The van der Waals surface area contributed by atoms with Crippen molar-refractivity contribution in [1.29, 1.82) is 0 Å². The summed E-state index contributed by atoms with van der Waals surface area (Å²) in [5.41, 5.74) is 7.28. The van der Waals surface area contributed by atoms with E-state index in [9.17, 15) is 8.42 Å². The van der Waals surface area contributed by atoms with E-state index in [2.05, 4.69) is 6.92 Å². The van der Waals surface area contributed by atoms with Crippen LogP contribution in [0.2, 0.25) is 0 Å². The highest BCUT2D eigenvalue weighted by atomic mass is 32.2. The standard InChI is InChI=1S/C14H23N3O2S/c1-12-5-4-8-17(10-12)20(18,19)16(2)11-13-6-3-7-14(15)9-13/h3,6-7,9,12H,4-5,8,10-11,15H2,1-2H3. The SMILES string of the molecule is CC1CCCN(S(=O)(=O)N(C)Cc2cccc(N)c2)C1. The Bertz CT molecular complexity index is 559. The first-order valence-corrected chi connectivity index (χ1v) is 8.35. The van der Waals surface area contributed by atoms with Crippen LogP contribution in [0, 0.1) is 5.92 Å². The van der Waals surface area contributed by atoms with Crippen LogP contribution in [-0.2, 0) is 16.8 Å². The lowest BCUT2D eigenvalue weighted by Gasteiger charge is -2.33. The summed E-state index contributed by atoms with van der Waals surface area (Å²) < 4.78 is 28.1. The van der Waals surface area contributed by atoms with E-state index >= 15 is 0 Å². The summed E-state index contributed by atoms with van der Waals surface area (Å²) in [5.74, 6) is 0.430. The zero-order chi connectivity index (χ0) is 14.8. The molecule has 0 aromatic heterocycles. The lowest BCUT2D eigenvalue weighted by atomic mass is 10.0. The Labute approximate surface area is 121 Å². The second-order valence-electron chi connectivity index (χ2n) is 5.61. The number of hydrogen-bond acceptors (Lipinski definition) is 3. The van der Waals surface area contributed by atoms with E-state index in [1.807, 2.05) is 18.2 Å². The molecule has 1 aromatic carbocycles. The minimum Gasteiger partial charge on any atom is -0.399 e. The van der Waals surface area contributed by atoms with Crippen LogP contribution in [0.5, 0.6) is 0 Å². The van der Waals surface area contributed by atoms with Crippen LogP contribution in [0.1, 0.15) is 25.3 Å². The molecule has 2 N–H and O–H groups in total. The minimum absolute atomic E-state index is 0.345. The van der Waals surface area contributed by atoms with Crippen molar-refractivity contribution in [1.82, 2.24) is 8.61 Å². The Morgan fingerprint density at radius 1 is 1.45 bits per heavy atom. The Morgan fingerprint density at radius 3 is 2.85 bits per heavy atom. The molecule has 1 aromatic rings. The molecule has 1 heterocycles. The highest BCUT2D eigenvalue weighted by molar-refractivity contribution is 7.86. The monoisotopic (exact) mass is 297 g/mol. The predicted molar refractivity (Wildman–Crippen MR) is 81.2 cm³/mol. The third-order valence-corrected chi connectivity index (χ3v) is 5.60. The van der Waals surface area contributed by atoms with Gasteiger partial charge in [-0.05, 0) is 36.5 Å². The maximum absolute atomic E-state index is 12.5. The highest BCUT2D eigenvalue weighted by Crippen LogP contribution is 2.21. The van der Waals surface area contributed by atoms with Crippen molar-refractivity contribution in [2.45, 2.75) is 26.3 Å². The Balaban J connectivity index is 2.09. The third-order valence-electron chi connectivity index (χ3n) is 3.70. The van der Waals surface area contributed by atoms with Crippen LogP contribution in [0.25, 0.3) is 0 Å². The van der Waals surface area contributed by atoms with Crippen LogP contribution in [-0.4, -0.2) is 37.2 Å². The van der Waals surface area contributed by atoms with Crippen LogP contribution in [0.4, 0.5) is 5.69 Å². The van der Waals surface area contributed by atoms with Crippen LogP contribution >= 0.6 is 0 Å². The number of nitrogens with zero attached hydrogens (tertiary/aromatic N) is 2. The van der Waals surface area contributed by atoms with E-state index < -0.39 is 10.2 Å². The molecule has 1 atom stereocenters. The van der Waals surface area contributed by atoms with E-state index in [4.69, 9.17) is 5.73 Å². The molecular formula is C14H23N3O2S. The molecule has 1 aliphatic rings. The molecule has 0 bridgehead atoms. The van der Waals surface area contributed by atoms with Crippen molar-refractivity contribution < 1.29 is 8.42 Å². The van der Waals surface area contributed by atoms with Gasteiger partial charge < -0.3 is 5.73 Å². The molecule has 20 heavy (non-hydrogen) atoms. The Hall–Kier alpha value is -1.11. The van der Waals surface area contributed by atoms with Gasteiger partial charge in [0.2, 0.25) is 0 Å². The fraction of sp³-hybridized carbons (Fsp3) is 0.571. The fourth-order valence-electron chi connectivity index (χ4n) is 2.58. The van der Waals surface area contributed by atoms with Crippen molar-refractivity contribution in [2.24, 2.45) is 5.92 Å². The lowest BCUT2D eigenvalue weighted by molar-refractivity contribution is 0.263. The number of benzene rings is 1. The summed E-state index contributed by atoms with van der Waals surface area (Å²) in [6.07, 6.45) is 2.04. The topological polar surface area (TPSA) is 66.6 Å². The third kappa shape index (κ3) is 3.50. The number of hydrogen-bond donors (Lipinski definition) is 1. The molecule has 0 radical (unpaired) electrons. The Kier molecular flexibility index (Phi) is 4.67. The molecule has 2 rings (SSSR count). The van der Waals surface area contributed by atoms with Gasteiger partial charge in [-0.15, -0.1) is 0 Å². The molecule has 112 valence electrons. The molecule has 1 fully saturated rings. The first kappa shape index (κ1) is 15.3. The molecule has 6 heteroatoms. The van der Waals surface area contributed by atoms with Crippen molar-refractivity contribution in [3.63, 3.8) is 0 Å². The lowest BCUT2D eigenvalue weighted by Crippen LogP contribution is -2.45. The molecule has 0 spiro atoms.